The summed E-state index contributed by atoms with van der Waals surface area (Å²) in [6.07, 6.45) is 1.15. The highest BCUT2D eigenvalue weighted by atomic mass is 16.3. The first-order valence-electron chi connectivity index (χ1n) is 4.77. The minimum atomic E-state index is 0.269. The zero-order valence-corrected chi connectivity index (χ0v) is 8.29. The van der Waals surface area contributed by atoms with Gasteiger partial charge in [-0.15, -0.1) is 0 Å². The lowest BCUT2D eigenvalue weighted by molar-refractivity contribution is 0.175. The normalized spacial score (nSPS) is 13.8. The smallest absolute Gasteiger partial charge is 0.0468 e. The number of nitrogens with zero attached hydrogens (tertiary/aromatic N) is 1. The quantitative estimate of drug-likeness (QED) is 0.583. The van der Waals surface area contributed by atoms with Gasteiger partial charge in [-0.2, -0.15) is 0 Å². The standard InChI is InChI=1S/C9H22N2O/c1-3-5-11(6-4-10)7-9(2)8-12/h9,12H,3-8,10H2,1-2H3. The molecule has 3 heteroatoms. The van der Waals surface area contributed by atoms with Crippen LogP contribution in [-0.2, 0) is 0 Å². The third-order valence-electron chi connectivity index (χ3n) is 1.87. The van der Waals surface area contributed by atoms with Crippen LogP contribution in [0.1, 0.15) is 20.3 Å². The Labute approximate surface area is 75.6 Å². The molecule has 12 heavy (non-hydrogen) atoms. The summed E-state index contributed by atoms with van der Waals surface area (Å²) in [5.41, 5.74) is 5.47. The fourth-order valence-corrected chi connectivity index (χ4v) is 1.29. The molecule has 0 rings (SSSR count). The van der Waals surface area contributed by atoms with Gasteiger partial charge in [0.05, 0.1) is 0 Å². The Kier molecular flexibility index (Phi) is 7.45. The maximum absolute atomic E-state index is 8.86. The molecule has 0 spiro atoms. The van der Waals surface area contributed by atoms with E-state index < -0.39 is 0 Å². The Morgan fingerprint density at radius 2 is 2.08 bits per heavy atom. The number of hydrogen-bond acceptors (Lipinski definition) is 3. The zero-order chi connectivity index (χ0) is 9.40. The second-order valence-electron chi connectivity index (χ2n) is 3.38. The summed E-state index contributed by atoms with van der Waals surface area (Å²) in [5, 5.41) is 8.86. The van der Waals surface area contributed by atoms with E-state index in [0.717, 1.165) is 26.1 Å². The van der Waals surface area contributed by atoms with Crippen molar-refractivity contribution in [1.29, 1.82) is 0 Å². The van der Waals surface area contributed by atoms with Crippen molar-refractivity contribution in [3.8, 4) is 0 Å². The molecule has 0 aromatic carbocycles. The van der Waals surface area contributed by atoms with E-state index in [1.54, 1.807) is 0 Å². The van der Waals surface area contributed by atoms with E-state index in [1.807, 2.05) is 0 Å². The van der Waals surface area contributed by atoms with Crippen LogP contribution in [0.4, 0.5) is 0 Å². The number of rotatable bonds is 7. The van der Waals surface area contributed by atoms with Gasteiger partial charge in [0.2, 0.25) is 0 Å². The number of nitrogens with two attached hydrogens (primary N) is 1. The summed E-state index contributed by atoms with van der Waals surface area (Å²) in [7, 11) is 0. The molecule has 0 aliphatic heterocycles. The van der Waals surface area contributed by atoms with Crippen molar-refractivity contribution < 1.29 is 5.11 Å². The predicted molar refractivity (Wildman–Crippen MR) is 52.0 cm³/mol. The van der Waals surface area contributed by atoms with Crippen LogP contribution in [-0.4, -0.2) is 42.8 Å². The molecule has 3 N–H and O–H groups in total. The highest BCUT2D eigenvalue weighted by Crippen LogP contribution is 1.99. The van der Waals surface area contributed by atoms with Gasteiger partial charge in [0.1, 0.15) is 0 Å². The second-order valence-corrected chi connectivity index (χ2v) is 3.38. The van der Waals surface area contributed by atoms with Crippen LogP contribution >= 0.6 is 0 Å². The van der Waals surface area contributed by atoms with Crippen LogP contribution in [0.5, 0.6) is 0 Å². The molecule has 0 aliphatic carbocycles. The molecule has 0 heterocycles. The molecule has 1 atom stereocenters. The van der Waals surface area contributed by atoms with Gasteiger partial charge in [0, 0.05) is 26.2 Å². The van der Waals surface area contributed by atoms with Gasteiger partial charge < -0.3 is 15.7 Å². The molecule has 0 saturated carbocycles. The second kappa shape index (κ2) is 7.53. The Hall–Kier alpha value is -0.120. The van der Waals surface area contributed by atoms with Crippen LogP contribution in [0.3, 0.4) is 0 Å². The van der Waals surface area contributed by atoms with Crippen LogP contribution in [0, 0.1) is 5.92 Å². The molecule has 0 bridgehead atoms. The largest absolute Gasteiger partial charge is 0.396 e. The van der Waals surface area contributed by atoms with Crippen LogP contribution < -0.4 is 5.73 Å². The summed E-state index contributed by atoms with van der Waals surface area (Å²) in [6.45, 7) is 8.18. The maximum atomic E-state index is 8.86. The average molecular weight is 174 g/mol. The van der Waals surface area contributed by atoms with Gasteiger partial charge in [-0.25, -0.2) is 0 Å². The van der Waals surface area contributed by atoms with E-state index in [2.05, 4.69) is 18.7 Å². The lowest BCUT2D eigenvalue weighted by Gasteiger charge is -2.23. The summed E-state index contributed by atoms with van der Waals surface area (Å²) in [5.74, 6) is 0.364. The number of aliphatic hydroxyl groups is 1. The first kappa shape index (κ1) is 11.9. The van der Waals surface area contributed by atoms with Crippen molar-refractivity contribution in [2.45, 2.75) is 20.3 Å². The number of hydrogen-bond donors (Lipinski definition) is 2. The Bertz CT molecular complexity index is 92.5. The van der Waals surface area contributed by atoms with Crippen molar-refractivity contribution in [3.05, 3.63) is 0 Å². The molecule has 74 valence electrons. The summed E-state index contributed by atoms with van der Waals surface area (Å²) < 4.78 is 0. The molecular formula is C9H22N2O. The van der Waals surface area contributed by atoms with E-state index in [9.17, 15) is 0 Å². The topological polar surface area (TPSA) is 49.5 Å². The monoisotopic (exact) mass is 174 g/mol. The van der Waals surface area contributed by atoms with Gasteiger partial charge >= 0.3 is 0 Å². The highest BCUT2D eigenvalue weighted by Gasteiger charge is 2.07. The first-order chi connectivity index (χ1) is 5.74. The van der Waals surface area contributed by atoms with Gasteiger partial charge in [0.15, 0.2) is 0 Å². The van der Waals surface area contributed by atoms with E-state index in [-0.39, 0.29) is 6.61 Å². The molecule has 1 unspecified atom stereocenters. The fraction of sp³-hybridized carbons (Fsp3) is 1.00. The predicted octanol–water partition coefficient (Wildman–Crippen LogP) is 0.285. The third kappa shape index (κ3) is 5.52. The van der Waals surface area contributed by atoms with Crippen LogP contribution in [0.2, 0.25) is 0 Å². The fourth-order valence-electron chi connectivity index (χ4n) is 1.29. The van der Waals surface area contributed by atoms with Crippen molar-refractivity contribution in [1.82, 2.24) is 4.90 Å². The summed E-state index contributed by atoms with van der Waals surface area (Å²) in [6, 6.07) is 0. The molecule has 0 aromatic heterocycles. The number of aliphatic hydroxyl groups excluding tert-OH is 1. The van der Waals surface area contributed by atoms with Crippen molar-refractivity contribution in [3.63, 3.8) is 0 Å². The maximum Gasteiger partial charge on any atom is 0.0468 e. The molecule has 0 aromatic rings. The molecule has 0 fully saturated rings. The Morgan fingerprint density at radius 1 is 1.42 bits per heavy atom. The van der Waals surface area contributed by atoms with Crippen molar-refractivity contribution in [2.24, 2.45) is 11.7 Å². The lowest BCUT2D eigenvalue weighted by Crippen LogP contribution is -2.34. The molecular weight excluding hydrogens is 152 g/mol. The molecule has 0 amide bonds. The summed E-state index contributed by atoms with van der Waals surface area (Å²) >= 11 is 0. The van der Waals surface area contributed by atoms with Gasteiger partial charge in [-0.3, -0.25) is 0 Å². The van der Waals surface area contributed by atoms with Gasteiger partial charge in [-0.1, -0.05) is 13.8 Å². The Balaban J connectivity index is 3.61. The minimum Gasteiger partial charge on any atom is -0.396 e. The molecule has 0 saturated heterocycles. The minimum absolute atomic E-state index is 0.269. The van der Waals surface area contributed by atoms with Crippen molar-refractivity contribution in [2.75, 3.05) is 32.8 Å². The molecule has 0 radical (unpaired) electrons. The van der Waals surface area contributed by atoms with Crippen LogP contribution in [0.25, 0.3) is 0 Å². The molecule has 3 nitrogen and oxygen atoms in total. The Morgan fingerprint density at radius 3 is 2.50 bits per heavy atom. The van der Waals surface area contributed by atoms with Gasteiger partial charge in [-0.05, 0) is 18.9 Å². The zero-order valence-electron chi connectivity index (χ0n) is 8.29. The van der Waals surface area contributed by atoms with E-state index in [4.69, 9.17) is 10.8 Å². The van der Waals surface area contributed by atoms with E-state index >= 15 is 0 Å². The van der Waals surface area contributed by atoms with Crippen molar-refractivity contribution >= 4 is 0 Å². The van der Waals surface area contributed by atoms with Crippen LogP contribution in [0.15, 0.2) is 0 Å². The van der Waals surface area contributed by atoms with E-state index in [1.165, 1.54) is 0 Å². The average Bonchev–Trinajstić information content (AvgIpc) is 2.05. The van der Waals surface area contributed by atoms with Gasteiger partial charge in [0.25, 0.3) is 0 Å². The lowest BCUT2D eigenvalue weighted by atomic mass is 10.2. The summed E-state index contributed by atoms with van der Waals surface area (Å²) in [4.78, 5) is 2.31. The highest BCUT2D eigenvalue weighted by molar-refractivity contribution is 4.61. The SMILES string of the molecule is CCCN(CCN)CC(C)CO. The first-order valence-corrected chi connectivity index (χ1v) is 4.77. The van der Waals surface area contributed by atoms with E-state index in [0.29, 0.717) is 12.5 Å². The third-order valence-corrected chi connectivity index (χ3v) is 1.87. The molecule has 0 aliphatic rings.